The zero-order valence-corrected chi connectivity index (χ0v) is 8.10. The Kier molecular flexibility index (Phi) is 3.42. The summed E-state index contributed by atoms with van der Waals surface area (Å²) >= 11 is 0. The van der Waals surface area contributed by atoms with Crippen molar-refractivity contribution in [3.05, 3.63) is 0 Å². The molecule has 84 valence electrons. The molecule has 1 saturated heterocycles. The number of aliphatic hydroxyl groups excluding tert-OH is 1. The van der Waals surface area contributed by atoms with Gasteiger partial charge >= 0.3 is 6.18 Å². The molecule has 2 atom stereocenters. The molecule has 0 aromatic rings. The number of hydrogen-bond acceptors (Lipinski definition) is 2. The van der Waals surface area contributed by atoms with E-state index in [1.807, 2.05) is 0 Å². The highest BCUT2D eigenvalue weighted by Crippen LogP contribution is 2.32. The lowest BCUT2D eigenvalue weighted by molar-refractivity contribution is -0.150. The third kappa shape index (κ3) is 3.13. The Bertz CT molecular complexity index is 185. The first-order valence-electron chi connectivity index (χ1n) is 4.72. The monoisotopic (exact) mass is 212 g/mol. The van der Waals surface area contributed by atoms with E-state index < -0.39 is 24.3 Å². The average Bonchev–Trinajstić information content (AvgIpc) is 2.48. The zero-order chi connectivity index (χ0) is 10.8. The molecule has 0 radical (unpaired) electrons. The van der Waals surface area contributed by atoms with Crippen LogP contribution in [0.25, 0.3) is 0 Å². The molecule has 0 amide bonds. The number of aliphatic hydroxyl groups is 1. The van der Waals surface area contributed by atoms with E-state index in [-0.39, 0.29) is 6.42 Å². The summed E-state index contributed by atoms with van der Waals surface area (Å²) in [5.41, 5.74) is -0.773. The van der Waals surface area contributed by atoms with Crippen molar-refractivity contribution >= 4 is 0 Å². The number of hydrogen-bond donors (Lipinski definition) is 1. The number of ether oxygens (including phenoxy) is 1. The van der Waals surface area contributed by atoms with E-state index in [4.69, 9.17) is 4.74 Å². The standard InChI is InChI=1S/C9H15F3O2/c1-8(4-2-6-14-8)7(13)3-5-9(10,11)12/h7,13H,2-6H2,1H3. The van der Waals surface area contributed by atoms with Crippen LogP contribution in [0, 0.1) is 0 Å². The van der Waals surface area contributed by atoms with Gasteiger partial charge in [0.15, 0.2) is 0 Å². The molecular formula is C9H15F3O2. The summed E-state index contributed by atoms with van der Waals surface area (Å²) in [5.74, 6) is 0. The Hall–Kier alpha value is -0.290. The second kappa shape index (κ2) is 4.06. The number of rotatable bonds is 3. The third-order valence-corrected chi connectivity index (χ3v) is 2.66. The molecule has 0 aromatic heterocycles. The lowest BCUT2D eigenvalue weighted by atomic mass is 9.92. The molecule has 0 aromatic carbocycles. The maximum atomic E-state index is 11.9. The Labute approximate surface area is 81.1 Å². The molecule has 1 rings (SSSR count). The Morgan fingerprint density at radius 3 is 2.57 bits per heavy atom. The van der Waals surface area contributed by atoms with E-state index in [1.54, 1.807) is 6.92 Å². The molecular weight excluding hydrogens is 197 g/mol. The van der Waals surface area contributed by atoms with E-state index in [0.717, 1.165) is 6.42 Å². The second-order valence-corrected chi connectivity index (χ2v) is 3.93. The van der Waals surface area contributed by atoms with Crippen molar-refractivity contribution in [3.63, 3.8) is 0 Å². The Morgan fingerprint density at radius 1 is 1.50 bits per heavy atom. The van der Waals surface area contributed by atoms with Crippen molar-refractivity contribution in [2.75, 3.05) is 6.61 Å². The van der Waals surface area contributed by atoms with Crippen LogP contribution >= 0.6 is 0 Å². The largest absolute Gasteiger partial charge is 0.390 e. The zero-order valence-electron chi connectivity index (χ0n) is 8.10. The molecule has 0 saturated carbocycles. The van der Waals surface area contributed by atoms with Crippen molar-refractivity contribution in [1.29, 1.82) is 0 Å². The summed E-state index contributed by atoms with van der Waals surface area (Å²) in [4.78, 5) is 0. The molecule has 5 heteroatoms. The third-order valence-electron chi connectivity index (χ3n) is 2.66. The number of halogens is 3. The van der Waals surface area contributed by atoms with Gasteiger partial charge in [-0.3, -0.25) is 0 Å². The predicted molar refractivity (Wildman–Crippen MR) is 44.9 cm³/mol. The first-order valence-corrected chi connectivity index (χ1v) is 4.72. The fraction of sp³-hybridized carbons (Fsp3) is 1.00. The van der Waals surface area contributed by atoms with E-state index >= 15 is 0 Å². The maximum absolute atomic E-state index is 11.9. The van der Waals surface area contributed by atoms with Gasteiger partial charge in [0.2, 0.25) is 0 Å². The second-order valence-electron chi connectivity index (χ2n) is 3.93. The molecule has 14 heavy (non-hydrogen) atoms. The van der Waals surface area contributed by atoms with Gasteiger partial charge in [-0.1, -0.05) is 0 Å². The van der Waals surface area contributed by atoms with E-state index in [0.29, 0.717) is 13.0 Å². The minimum atomic E-state index is -4.20. The first kappa shape index (κ1) is 11.8. The van der Waals surface area contributed by atoms with Gasteiger partial charge in [0.25, 0.3) is 0 Å². The van der Waals surface area contributed by atoms with Crippen molar-refractivity contribution in [2.24, 2.45) is 0 Å². The summed E-state index contributed by atoms with van der Waals surface area (Å²) in [6.45, 7) is 2.20. The van der Waals surface area contributed by atoms with Crippen LogP contribution in [0.2, 0.25) is 0 Å². The van der Waals surface area contributed by atoms with Crippen LogP contribution in [-0.4, -0.2) is 29.6 Å². The molecule has 2 unspecified atom stereocenters. The Morgan fingerprint density at radius 2 is 2.14 bits per heavy atom. The predicted octanol–water partition coefficient (Wildman–Crippen LogP) is 2.26. The molecule has 2 nitrogen and oxygen atoms in total. The average molecular weight is 212 g/mol. The van der Waals surface area contributed by atoms with Crippen LogP contribution in [0.3, 0.4) is 0 Å². The summed E-state index contributed by atoms with van der Waals surface area (Å²) in [6, 6.07) is 0. The highest BCUT2D eigenvalue weighted by Gasteiger charge is 2.39. The van der Waals surface area contributed by atoms with Crippen molar-refractivity contribution in [1.82, 2.24) is 0 Å². The SMILES string of the molecule is CC1(C(O)CCC(F)(F)F)CCCO1. The summed E-state index contributed by atoms with van der Waals surface area (Å²) < 4.78 is 40.9. The molecule has 1 N–H and O–H groups in total. The van der Waals surface area contributed by atoms with Crippen molar-refractivity contribution in [3.8, 4) is 0 Å². The molecule has 1 aliphatic rings. The van der Waals surface area contributed by atoms with Crippen LogP contribution in [0.15, 0.2) is 0 Å². The molecule has 1 heterocycles. The van der Waals surface area contributed by atoms with Crippen molar-refractivity contribution in [2.45, 2.75) is 50.5 Å². The van der Waals surface area contributed by atoms with Gasteiger partial charge in [0.05, 0.1) is 11.7 Å². The molecule has 0 aliphatic carbocycles. The van der Waals surface area contributed by atoms with Crippen LogP contribution < -0.4 is 0 Å². The lowest BCUT2D eigenvalue weighted by Crippen LogP contribution is -2.39. The lowest BCUT2D eigenvalue weighted by Gasteiger charge is -2.29. The fourth-order valence-corrected chi connectivity index (χ4v) is 1.67. The molecule has 0 bridgehead atoms. The normalized spacial score (nSPS) is 30.6. The summed E-state index contributed by atoms with van der Waals surface area (Å²) in [7, 11) is 0. The van der Waals surface area contributed by atoms with Crippen LogP contribution in [-0.2, 0) is 4.74 Å². The van der Waals surface area contributed by atoms with Crippen LogP contribution in [0.5, 0.6) is 0 Å². The topological polar surface area (TPSA) is 29.5 Å². The van der Waals surface area contributed by atoms with E-state index in [9.17, 15) is 18.3 Å². The summed E-state index contributed by atoms with van der Waals surface area (Å²) in [5, 5.41) is 9.55. The van der Waals surface area contributed by atoms with Gasteiger partial charge in [0.1, 0.15) is 0 Å². The first-order chi connectivity index (χ1) is 6.33. The van der Waals surface area contributed by atoms with Gasteiger partial charge in [0, 0.05) is 13.0 Å². The van der Waals surface area contributed by atoms with E-state index in [1.165, 1.54) is 0 Å². The smallest absolute Gasteiger partial charge is 0.389 e. The summed E-state index contributed by atoms with van der Waals surface area (Å²) in [6.07, 6.45) is -5.01. The highest BCUT2D eigenvalue weighted by atomic mass is 19.4. The van der Waals surface area contributed by atoms with Gasteiger partial charge in [-0.15, -0.1) is 0 Å². The van der Waals surface area contributed by atoms with Crippen LogP contribution in [0.4, 0.5) is 13.2 Å². The van der Waals surface area contributed by atoms with Crippen molar-refractivity contribution < 1.29 is 23.0 Å². The van der Waals surface area contributed by atoms with Gasteiger partial charge in [-0.25, -0.2) is 0 Å². The quantitative estimate of drug-likeness (QED) is 0.777. The van der Waals surface area contributed by atoms with Gasteiger partial charge in [-0.2, -0.15) is 13.2 Å². The highest BCUT2D eigenvalue weighted by molar-refractivity contribution is 4.87. The van der Waals surface area contributed by atoms with Gasteiger partial charge < -0.3 is 9.84 Å². The molecule has 1 aliphatic heterocycles. The minimum absolute atomic E-state index is 0.278. The van der Waals surface area contributed by atoms with Gasteiger partial charge in [-0.05, 0) is 26.2 Å². The Balaban J connectivity index is 2.37. The maximum Gasteiger partial charge on any atom is 0.389 e. The fourth-order valence-electron chi connectivity index (χ4n) is 1.67. The minimum Gasteiger partial charge on any atom is -0.390 e. The number of alkyl halides is 3. The molecule has 1 fully saturated rings. The van der Waals surface area contributed by atoms with E-state index in [2.05, 4.69) is 0 Å². The van der Waals surface area contributed by atoms with Crippen LogP contribution in [0.1, 0.15) is 32.6 Å². The molecule has 0 spiro atoms.